The van der Waals surface area contributed by atoms with Gasteiger partial charge in [0.25, 0.3) is 0 Å². The van der Waals surface area contributed by atoms with Crippen molar-refractivity contribution in [2.45, 2.75) is 38.6 Å². The molecule has 1 aliphatic heterocycles. The summed E-state index contributed by atoms with van der Waals surface area (Å²) in [4.78, 5) is 19.9. The van der Waals surface area contributed by atoms with Gasteiger partial charge >= 0.3 is 6.03 Å². The topological polar surface area (TPSA) is 65.5 Å². The Hall–Kier alpha value is -2.08. The van der Waals surface area contributed by atoms with Crippen molar-refractivity contribution in [1.82, 2.24) is 9.88 Å². The van der Waals surface area contributed by atoms with Crippen molar-refractivity contribution in [2.24, 2.45) is 0 Å². The zero-order chi connectivity index (χ0) is 16.4. The van der Waals surface area contributed by atoms with Gasteiger partial charge in [-0.05, 0) is 36.5 Å². The van der Waals surface area contributed by atoms with E-state index in [9.17, 15) is 9.90 Å². The maximum Gasteiger partial charge on any atom is 0.324 e. The van der Waals surface area contributed by atoms with Crippen molar-refractivity contribution in [2.75, 3.05) is 11.9 Å². The molecule has 2 heterocycles. The highest BCUT2D eigenvalue weighted by atomic mass is 32.1. The van der Waals surface area contributed by atoms with Crippen LogP contribution in [-0.2, 0) is 0 Å². The molecule has 23 heavy (non-hydrogen) atoms. The van der Waals surface area contributed by atoms with Gasteiger partial charge in [0.15, 0.2) is 5.13 Å². The van der Waals surface area contributed by atoms with E-state index >= 15 is 0 Å². The number of hydrogen-bond acceptors (Lipinski definition) is 4. The number of aromatic nitrogens is 1. The highest BCUT2D eigenvalue weighted by Crippen LogP contribution is 2.33. The Kier molecular flexibility index (Phi) is 4.52. The summed E-state index contributed by atoms with van der Waals surface area (Å²) in [7, 11) is 0. The third kappa shape index (κ3) is 3.47. The summed E-state index contributed by atoms with van der Waals surface area (Å²) in [5, 5.41) is 13.0. The Balaban J connectivity index is 1.71. The van der Waals surface area contributed by atoms with Crippen LogP contribution in [0.3, 0.4) is 0 Å². The van der Waals surface area contributed by atoms with Crippen LogP contribution >= 0.6 is 11.3 Å². The summed E-state index contributed by atoms with van der Waals surface area (Å²) < 4.78 is 0. The van der Waals surface area contributed by atoms with Crippen LogP contribution in [-0.4, -0.2) is 27.6 Å². The molecular formula is C17H21N3O2S. The maximum absolute atomic E-state index is 12.6. The van der Waals surface area contributed by atoms with E-state index < -0.39 is 0 Å². The van der Waals surface area contributed by atoms with E-state index in [2.05, 4.69) is 24.1 Å². The lowest BCUT2D eigenvalue weighted by Gasteiger charge is -2.24. The fourth-order valence-corrected chi connectivity index (χ4v) is 3.64. The lowest BCUT2D eigenvalue weighted by molar-refractivity contribution is 0.207. The van der Waals surface area contributed by atoms with E-state index in [1.165, 1.54) is 11.3 Å². The molecular weight excluding hydrogens is 310 g/mol. The average Bonchev–Trinajstić information content (AvgIpc) is 3.16. The molecule has 2 N–H and O–H groups in total. The van der Waals surface area contributed by atoms with Crippen LogP contribution in [0.5, 0.6) is 5.75 Å². The van der Waals surface area contributed by atoms with Gasteiger partial charge in [-0.15, -0.1) is 11.3 Å². The molecule has 0 spiro atoms. The summed E-state index contributed by atoms with van der Waals surface area (Å²) in [5.74, 6) is 0.654. The largest absolute Gasteiger partial charge is 0.508 e. The van der Waals surface area contributed by atoms with E-state index in [1.807, 2.05) is 23.2 Å². The molecule has 5 nitrogen and oxygen atoms in total. The van der Waals surface area contributed by atoms with Gasteiger partial charge in [-0.2, -0.15) is 0 Å². The first-order valence-electron chi connectivity index (χ1n) is 7.87. The number of hydrogen-bond donors (Lipinski definition) is 2. The number of urea groups is 1. The Bertz CT molecular complexity index is 681. The number of carbonyl (C=O) groups is 1. The second-order valence-electron chi connectivity index (χ2n) is 6.10. The smallest absolute Gasteiger partial charge is 0.324 e. The standard InChI is InChI=1S/C17H21N3O2S/c1-11(2)15-10-18-16(23-15)19-17(22)20-9-3-4-14(20)12-5-7-13(21)8-6-12/h5-8,10-11,14,21H,3-4,9H2,1-2H3,(H,18,19,22). The first kappa shape index (κ1) is 15.8. The summed E-state index contributed by atoms with van der Waals surface area (Å²) in [6.45, 7) is 4.96. The number of nitrogens with zero attached hydrogens (tertiary/aromatic N) is 2. The summed E-state index contributed by atoms with van der Waals surface area (Å²) in [6, 6.07) is 7.04. The van der Waals surface area contributed by atoms with Crippen molar-refractivity contribution in [1.29, 1.82) is 0 Å². The molecule has 0 bridgehead atoms. The van der Waals surface area contributed by atoms with Crippen LogP contribution < -0.4 is 5.32 Å². The molecule has 1 aromatic heterocycles. The average molecular weight is 331 g/mol. The molecule has 1 saturated heterocycles. The van der Waals surface area contributed by atoms with Gasteiger partial charge in [-0.25, -0.2) is 9.78 Å². The van der Waals surface area contributed by atoms with Crippen molar-refractivity contribution < 1.29 is 9.90 Å². The number of amides is 2. The SMILES string of the molecule is CC(C)c1cnc(NC(=O)N2CCCC2c2ccc(O)cc2)s1. The second kappa shape index (κ2) is 6.58. The van der Waals surface area contributed by atoms with Crippen molar-refractivity contribution >= 4 is 22.5 Å². The first-order chi connectivity index (χ1) is 11.0. The Labute approximate surface area is 140 Å². The number of nitrogens with one attached hydrogen (secondary N) is 1. The summed E-state index contributed by atoms with van der Waals surface area (Å²) in [6.07, 6.45) is 3.74. The van der Waals surface area contributed by atoms with Gasteiger partial charge in [-0.1, -0.05) is 26.0 Å². The normalized spacial score (nSPS) is 17.7. The van der Waals surface area contributed by atoms with Crippen LogP contribution in [0.15, 0.2) is 30.5 Å². The zero-order valence-corrected chi connectivity index (χ0v) is 14.1. The molecule has 1 aromatic carbocycles. The van der Waals surface area contributed by atoms with Gasteiger partial charge in [0, 0.05) is 17.6 Å². The number of benzene rings is 1. The minimum atomic E-state index is -0.106. The predicted molar refractivity (Wildman–Crippen MR) is 92.0 cm³/mol. The Morgan fingerprint density at radius 3 is 2.78 bits per heavy atom. The molecule has 1 fully saturated rings. The molecule has 2 amide bonds. The zero-order valence-electron chi connectivity index (χ0n) is 13.3. The molecule has 1 unspecified atom stereocenters. The third-order valence-electron chi connectivity index (χ3n) is 4.10. The first-order valence-corrected chi connectivity index (χ1v) is 8.68. The number of thiazole rings is 1. The van der Waals surface area contributed by atoms with Crippen LogP contribution in [0, 0.1) is 0 Å². The van der Waals surface area contributed by atoms with Gasteiger partial charge < -0.3 is 10.0 Å². The summed E-state index contributed by atoms with van der Waals surface area (Å²) in [5.41, 5.74) is 1.05. The quantitative estimate of drug-likeness (QED) is 0.879. The van der Waals surface area contributed by atoms with Crippen molar-refractivity contribution in [3.8, 4) is 5.75 Å². The number of phenolic OH excluding ortho intramolecular Hbond substituents is 1. The molecule has 0 aliphatic carbocycles. The lowest BCUT2D eigenvalue weighted by Crippen LogP contribution is -2.34. The molecule has 122 valence electrons. The number of phenols is 1. The van der Waals surface area contributed by atoms with Crippen LogP contribution in [0.1, 0.15) is 49.1 Å². The third-order valence-corrected chi connectivity index (χ3v) is 5.31. The van der Waals surface area contributed by atoms with Crippen LogP contribution in [0.25, 0.3) is 0 Å². The van der Waals surface area contributed by atoms with E-state index in [0.717, 1.165) is 29.8 Å². The molecule has 2 aromatic rings. The molecule has 0 radical (unpaired) electrons. The molecule has 3 rings (SSSR count). The van der Waals surface area contributed by atoms with Crippen LogP contribution in [0.2, 0.25) is 0 Å². The van der Waals surface area contributed by atoms with Gasteiger partial charge in [0.2, 0.25) is 0 Å². The minimum Gasteiger partial charge on any atom is -0.508 e. The highest BCUT2D eigenvalue weighted by Gasteiger charge is 2.30. The Morgan fingerprint density at radius 2 is 2.13 bits per heavy atom. The van der Waals surface area contributed by atoms with Gasteiger partial charge in [0.05, 0.1) is 6.04 Å². The number of likely N-dealkylation sites (tertiary alicyclic amines) is 1. The fraction of sp³-hybridized carbons (Fsp3) is 0.412. The number of carbonyl (C=O) groups excluding carboxylic acids is 1. The van der Waals surface area contributed by atoms with Crippen molar-refractivity contribution in [3.05, 3.63) is 40.9 Å². The predicted octanol–water partition coefficient (Wildman–Crippen LogP) is 4.34. The van der Waals surface area contributed by atoms with Gasteiger partial charge in [0.1, 0.15) is 5.75 Å². The van der Waals surface area contributed by atoms with E-state index in [0.29, 0.717) is 11.0 Å². The lowest BCUT2D eigenvalue weighted by atomic mass is 10.0. The maximum atomic E-state index is 12.6. The van der Waals surface area contributed by atoms with Crippen molar-refractivity contribution in [3.63, 3.8) is 0 Å². The second-order valence-corrected chi connectivity index (χ2v) is 7.16. The number of rotatable bonds is 3. The highest BCUT2D eigenvalue weighted by molar-refractivity contribution is 7.15. The van der Waals surface area contributed by atoms with E-state index in [4.69, 9.17) is 0 Å². The Morgan fingerprint density at radius 1 is 1.39 bits per heavy atom. The van der Waals surface area contributed by atoms with E-state index in [-0.39, 0.29) is 17.8 Å². The molecule has 0 saturated carbocycles. The van der Waals surface area contributed by atoms with Crippen LogP contribution in [0.4, 0.5) is 9.93 Å². The van der Waals surface area contributed by atoms with Gasteiger partial charge in [-0.3, -0.25) is 5.32 Å². The number of aromatic hydroxyl groups is 1. The summed E-state index contributed by atoms with van der Waals surface area (Å²) >= 11 is 1.52. The monoisotopic (exact) mass is 331 g/mol. The molecule has 1 aliphatic rings. The van der Waals surface area contributed by atoms with E-state index in [1.54, 1.807) is 12.1 Å². The number of anilines is 1. The fourth-order valence-electron chi connectivity index (χ4n) is 2.83. The minimum absolute atomic E-state index is 0.0557. The molecule has 6 heteroatoms. The molecule has 1 atom stereocenters.